The van der Waals surface area contributed by atoms with Crippen LogP contribution in [0.3, 0.4) is 0 Å². The Labute approximate surface area is 82.1 Å². The lowest BCUT2D eigenvalue weighted by Gasteiger charge is -2.08. The molecule has 3 N–H and O–H groups in total. The van der Waals surface area contributed by atoms with Crippen LogP contribution < -0.4 is 10.1 Å². The van der Waals surface area contributed by atoms with Crippen LogP contribution in [0.15, 0.2) is 12.1 Å². The van der Waals surface area contributed by atoms with E-state index >= 15 is 0 Å². The largest absolute Gasteiger partial charge is 0.504 e. The van der Waals surface area contributed by atoms with Gasteiger partial charge >= 0.3 is 0 Å². The summed E-state index contributed by atoms with van der Waals surface area (Å²) in [6.45, 7) is 1.05. The van der Waals surface area contributed by atoms with Gasteiger partial charge in [-0.05, 0) is 18.1 Å². The number of anilines is 1. The Hall–Kier alpha value is -1.42. The number of phenolic OH excluding ortho intramolecular Hbond substituents is 1. The van der Waals surface area contributed by atoms with Gasteiger partial charge in [0.05, 0.1) is 6.61 Å². The highest BCUT2D eigenvalue weighted by Gasteiger charge is 2.14. The molecule has 1 aliphatic heterocycles. The van der Waals surface area contributed by atoms with Crippen LogP contribution in [0.5, 0.6) is 11.5 Å². The predicted octanol–water partition coefficient (Wildman–Crippen LogP) is 0.731. The number of fused-ring (bicyclic) bond motifs is 1. The molecule has 0 spiro atoms. The number of benzene rings is 1. The highest BCUT2D eigenvalue weighted by molar-refractivity contribution is 5.62. The molecule has 1 aromatic carbocycles. The van der Waals surface area contributed by atoms with Gasteiger partial charge in [0.1, 0.15) is 6.61 Å². The van der Waals surface area contributed by atoms with Gasteiger partial charge in [-0.1, -0.05) is 0 Å². The quantitative estimate of drug-likeness (QED) is 0.622. The molecule has 76 valence electrons. The number of nitrogens with one attached hydrogen (secondary N) is 1. The lowest BCUT2D eigenvalue weighted by atomic mass is 10.1. The van der Waals surface area contributed by atoms with Crippen molar-refractivity contribution in [3.05, 3.63) is 17.7 Å². The number of aliphatic hydroxyl groups is 1. The van der Waals surface area contributed by atoms with Crippen LogP contribution in [-0.4, -0.2) is 30.0 Å². The standard InChI is InChI=1S/C10H13NO3/c12-3-4-14-10-6-8-7(1-2-11-8)5-9(10)13/h5-6,11-13H,1-4H2. The van der Waals surface area contributed by atoms with E-state index in [1.807, 2.05) is 0 Å². The number of aromatic hydroxyl groups is 1. The molecule has 0 aliphatic carbocycles. The van der Waals surface area contributed by atoms with Crippen molar-refractivity contribution in [1.29, 1.82) is 0 Å². The zero-order valence-electron chi connectivity index (χ0n) is 7.79. The van der Waals surface area contributed by atoms with Gasteiger partial charge in [0, 0.05) is 18.3 Å². The smallest absolute Gasteiger partial charge is 0.163 e. The fraction of sp³-hybridized carbons (Fsp3) is 0.400. The normalized spacial score (nSPS) is 13.5. The van der Waals surface area contributed by atoms with Gasteiger partial charge < -0.3 is 20.3 Å². The summed E-state index contributed by atoms with van der Waals surface area (Å²) in [6, 6.07) is 3.48. The molecule has 0 saturated heterocycles. The van der Waals surface area contributed by atoms with Gasteiger partial charge in [-0.3, -0.25) is 0 Å². The maximum Gasteiger partial charge on any atom is 0.163 e. The van der Waals surface area contributed by atoms with Crippen molar-refractivity contribution in [2.75, 3.05) is 25.1 Å². The molecule has 1 aromatic rings. The minimum absolute atomic E-state index is 0.0516. The Bertz CT molecular complexity index is 338. The highest BCUT2D eigenvalue weighted by Crippen LogP contribution is 2.34. The summed E-state index contributed by atoms with van der Waals surface area (Å²) in [5.74, 6) is 0.563. The first-order chi connectivity index (χ1) is 6.81. The SMILES string of the molecule is OCCOc1cc2c(cc1O)CCN2. The summed E-state index contributed by atoms with van der Waals surface area (Å²) in [4.78, 5) is 0. The molecule has 0 bridgehead atoms. The van der Waals surface area contributed by atoms with Crippen molar-refractivity contribution in [3.8, 4) is 11.5 Å². The van der Waals surface area contributed by atoms with E-state index < -0.39 is 0 Å². The maximum absolute atomic E-state index is 9.57. The Balaban J connectivity index is 2.23. The molecule has 1 heterocycles. The summed E-state index contributed by atoms with van der Waals surface area (Å²) in [6.07, 6.45) is 0.934. The van der Waals surface area contributed by atoms with Gasteiger partial charge in [-0.15, -0.1) is 0 Å². The summed E-state index contributed by atoms with van der Waals surface area (Å²) >= 11 is 0. The highest BCUT2D eigenvalue weighted by atomic mass is 16.5. The zero-order chi connectivity index (χ0) is 9.97. The Kier molecular flexibility index (Phi) is 2.45. The van der Waals surface area contributed by atoms with Gasteiger partial charge in [-0.25, -0.2) is 0 Å². The minimum atomic E-state index is -0.0516. The second-order valence-electron chi connectivity index (χ2n) is 3.23. The first kappa shape index (κ1) is 9.15. The molecule has 2 rings (SSSR count). The van der Waals surface area contributed by atoms with Crippen molar-refractivity contribution in [3.63, 3.8) is 0 Å². The van der Waals surface area contributed by atoms with Crippen LogP contribution in [0.4, 0.5) is 5.69 Å². The van der Waals surface area contributed by atoms with Gasteiger partial charge in [0.25, 0.3) is 0 Å². The van der Waals surface area contributed by atoms with Crippen LogP contribution in [0, 0.1) is 0 Å². The molecule has 0 saturated carbocycles. The van der Waals surface area contributed by atoms with E-state index in [2.05, 4.69) is 5.32 Å². The molecule has 0 aromatic heterocycles. The van der Waals surface area contributed by atoms with Crippen LogP contribution in [-0.2, 0) is 6.42 Å². The molecule has 4 nitrogen and oxygen atoms in total. The lowest BCUT2D eigenvalue weighted by molar-refractivity contribution is 0.197. The molecule has 14 heavy (non-hydrogen) atoms. The Morgan fingerprint density at radius 1 is 1.43 bits per heavy atom. The van der Waals surface area contributed by atoms with Crippen molar-refractivity contribution in [2.24, 2.45) is 0 Å². The van der Waals surface area contributed by atoms with Gasteiger partial charge in [0.2, 0.25) is 0 Å². The third kappa shape index (κ3) is 1.61. The number of phenols is 1. The predicted molar refractivity (Wildman–Crippen MR) is 52.9 cm³/mol. The monoisotopic (exact) mass is 195 g/mol. The molecule has 4 heteroatoms. The molecule has 0 unspecified atom stereocenters. The molecule has 0 amide bonds. The summed E-state index contributed by atoms with van der Waals surface area (Å²) in [7, 11) is 0. The zero-order valence-corrected chi connectivity index (χ0v) is 7.79. The topological polar surface area (TPSA) is 61.7 Å². The van der Waals surface area contributed by atoms with Gasteiger partial charge in [-0.2, -0.15) is 0 Å². The number of rotatable bonds is 3. The van der Waals surface area contributed by atoms with Crippen LogP contribution >= 0.6 is 0 Å². The van der Waals surface area contributed by atoms with Crippen LogP contribution in [0.1, 0.15) is 5.56 Å². The Morgan fingerprint density at radius 2 is 2.29 bits per heavy atom. The average molecular weight is 195 g/mol. The van der Waals surface area contributed by atoms with E-state index in [1.165, 1.54) is 0 Å². The van der Waals surface area contributed by atoms with Crippen molar-refractivity contribution in [1.82, 2.24) is 0 Å². The van der Waals surface area contributed by atoms with E-state index in [4.69, 9.17) is 9.84 Å². The van der Waals surface area contributed by atoms with Crippen LogP contribution in [0.2, 0.25) is 0 Å². The number of aliphatic hydroxyl groups excluding tert-OH is 1. The first-order valence-corrected chi connectivity index (χ1v) is 4.64. The third-order valence-electron chi connectivity index (χ3n) is 2.24. The molecule has 0 fully saturated rings. The number of ether oxygens (including phenoxy) is 1. The van der Waals surface area contributed by atoms with E-state index in [0.717, 1.165) is 24.2 Å². The minimum Gasteiger partial charge on any atom is -0.504 e. The van der Waals surface area contributed by atoms with E-state index in [9.17, 15) is 5.11 Å². The Morgan fingerprint density at radius 3 is 3.07 bits per heavy atom. The fourth-order valence-corrected chi connectivity index (χ4v) is 1.59. The van der Waals surface area contributed by atoms with Gasteiger partial charge in [0.15, 0.2) is 11.5 Å². The molecular formula is C10H13NO3. The summed E-state index contributed by atoms with van der Waals surface area (Å²) in [5.41, 5.74) is 2.12. The molecule has 0 radical (unpaired) electrons. The van der Waals surface area contributed by atoms with E-state index in [0.29, 0.717) is 5.75 Å². The second-order valence-corrected chi connectivity index (χ2v) is 3.23. The number of hydrogen-bond acceptors (Lipinski definition) is 4. The van der Waals surface area contributed by atoms with E-state index in [1.54, 1.807) is 12.1 Å². The molecule has 1 aliphatic rings. The third-order valence-corrected chi connectivity index (χ3v) is 2.24. The van der Waals surface area contributed by atoms with E-state index in [-0.39, 0.29) is 19.0 Å². The lowest BCUT2D eigenvalue weighted by Crippen LogP contribution is -2.02. The van der Waals surface area contributed by atoms with Crippen LogP contribution in [0.25, 0.3) is 0 Å². The second kappa shape index (κ2) is 3.75. The molecule has 0 atom stereocenters. The number of hydrogen-bond donors (Lipinski definition) is 3. The first-order valence-electron chi connectivity index (χ1n) is 4.64. The van der Waals surface area contributed by atoms with Crippen molar-refractivity contribution >= 4 is 5.69 Å². The summed E-state index contributed by atoms with van der Waals surface area (Å²) < 4.78 is 5.17. The fourth-order valence-electron chi connectivity index (χ4n) is 1.59. The summed E-state index contributed by atoms with van der Waals surface area (Å²) in [5, 5.41) is 21.3. The van der Waals surface area contributed by atoms with Crippen molar-refractivity contribution < 1.29 is 14.9 Å². The average Bonchev–Trinajstić information content (AvgIpc) is 2.61. The maximum atomic E-state index is 9.57. The van der Waals surface area contributed by atoms with Crippen molar-refractivity contribution in [2.45, 2.75) is 6.42 Å². The molecular weight excluding hydrogens is 182 g/mol.